The lowest BCUT2D eigenvalue weighted by Gasteiger charge is -2.34. The molecule has 1 aromatic heterocycles. The molecule has 0 atom stereocenters. The predicted molar refractivity (Wildman–Crippen MR) is 105 cm³/mol. The molecule has 3 aromatic rings. The Morgan fingerprint density at radius 3 is 2.42 bits per heavy atom. The molecule has 2 heterocycles. The Balaban J connectivity index is 1.65. The number of piperazine rings is 1. The molecule has 1 aliphatic heterocycles. The maximum Gasteiger partial charge on any atom is 0.231 e. The van der Waals surface area contributed by atoms with Gasteiger partial charge in [0.1, 0.15) is 5.75 Å². The monoisotopic (exact) mass is 346 g/mol. The van der Waals surface area contributed by atoms with Crippen LogP contribution >= 0.6 is 0 Å². The number of hydrogen-bond acceptors (Lipinski definition) is 5. The highest BCUT2D eigenvalue weighted by molar-refractivity contribution is 5.84. The number of fused-ring (bicyclic) bond motifs is 1. The van der Waals surface area contributed by atoms with E-state index in [4.69, 9.17) is 14.7 Å². The van der Waals surface area contributed by atoms with Crippen molar-refractivity contribution in [2.45, 2.75) is 0 Å². The van der Waals surface area contributed by atoms with Crippen molar-refractivity contribution < 1.29 is 4.74 Å². The van der Waals surface area contributed by atoms with Crippen molar-refractivity contribution >= 4 is 16.9 Å². The summed E-state index contributed by atoms with van der Waals surface area (Å²) in [6.45, 7) is 8.51. The lowest BCUT2D eigenvalue weighted by Crippen LogP contribution is -2.46. The topological polar surface area (TPSA) is 41.5 Å². The van der Waals surface area contributed by atoms with Crippen molar-refractivity contribution in [3.8, 4) is 11.6 Å². The van der Waals surface area contributed by atoms with Gasteiger partial charge in [0.15, 0.2) is 0 Å². The maximum absolute atomic E-state index is 6.08. The normalized spacial score (nSPS) is 15.2. The van der Waals surface area contributed by atoms with Crippen LogP contribution in [-0.2, 0) is 0 Å². The number of anilines is 1. The SMILES string of the molecule is C=CCN1CCN(c2nc(Oc3ccccc3)c3ccccc3n2)CC1. The molecule has 0 N–H and O–H groups in total. The first-order valence-electron chi connectivity index (χ1n) is 8.91. The Hall–Kier alpha value is -2.92. The maximum atomic E-state index is 6.08. The van der Waals surface area contributed by atoms with Gasteiger partial charge in [0, 0.05) is 32.7 Å². The zero-order valence-corrected chi connectivity index (χ0v) is 14.7. The highest BCUT2D eigenvalue weighted by Crippen LogP contribution is 2.29. The van der Waals surface area contributed by atoms with Crippen molar-refractivity contribution in [1.29, 1.82) is 0 Å². The van der Waals surface area contributed by atoms with E-state index < -0.39 is 0 Å². The van der Waals surface area contributed by atoms with Crippen LogP contribution in [0.25, 0.3) is 10.9 Å². The third-order valence-electron chi connectivity index (χ3n) is 4.56. The lowest BCUT2D eigenvalue weighted by atomic mass is 10.2. The summed E-state index contributed by atoms with van der Waals surface area (Å²) in [5, 5.41) is 0.922. The number of hydrogen-bond donors (Lipinski definition) is 0. The van der Waals surface area contributed by atoms with E-state index in [2.05, 4.69) is 16.4 Å². The van der Waals surface area contributed by atoms with Crippen molar-refractivity contribution in [3.05, 3.63) is 67.3 Å². The average Bonchev–Trinajstić information content (AvgIpc) is 2.69. The zero-order valence-electron chi connectivity index (χ0n) is 14.7. The largest absolute Gasteiger partial charge is 0.438 e. The van der Waals surface area contributed by atoms with Gasteiger partial charge in [-0.05, 0) is 24.3 Å². The van der Waals surface area contributed by atoms with Crippen LogP contribution < -0.4 is 9.64 Å². The molecule has 26 heavy (non-hydrogen) atoms. The highest BCUT2D eigenvalue weighted by Gasteiger charge is 2.20. The first kappa shape index (κ1) is 16.5. The number of ether oxygens (including phenoxy) is 1. The second-order valence-corrected chi connectivity index (χ2v) is 6.34. The van der Waals surface area contributed by atoms with Crippen molar-refractivity contribution in [3.63, 3.8) is 0 Å². The van der Waals surface area contributed by atoms with Crippen LogP contribution in [0.15, 0.2) is 67.3 Å². The molecule has 0 unspecified atom stereocenters. The van der Waals surface area contributed by atoms with Crippen LogP contribution in [0.2, 0.25) is 0 Å². The van der Waals surface area contributed by atoms with Crippen LogP contribution in [0.5, 0.6) is 11.6 Å². The summed E-state index contributed by atoms with van der Waals surface area (Å²) in [7, 11) is 0. The molecule has 4 rings (SSSR count). The van der Waals surface area contributed by atoms with Gasteiger partial charge < -0.3 is 9.64 Å². The molecule has 5 heteroatoms. The summed E-state index contributed by atoms with van der Waals surface area (Å²) in [6, 6.07) is 17.7. The summed E-state index contributed by atoms with van der Waals surface area (Å²) in [5.74, 6) is 2.11. The van der Waals surface area contributed by atoms with Crippen LogP contribution in [0.1, 0.15) is 0 Å². The third kappa shape index (κ3) is 3.53. The summed E-state index contributed by atoms with van der Waals surface area (Å²) in [4.78, 5) is 14.1. The molecule has 0 saturated carbocycles. The molecule has 2 aromatic carbocycles. The average molecular weight is 346 g/mol. The Labute approximate surface area is 153 Å². The van der Waals surface area contributed by atoms with Gasteiger partial charge in [0.2, 0.25) is 11.8 Å². The second-order valence-electron chi connectivity index (χ2n) is 6.34. The van der Waals surface area contributed by atoms with Gasteiger partial charge in [-0.25, -0.2) is 4.98 Å². The summed E-state index contributed by atoms with van der Waals surface area (Å²) in [5.41, 5.74) is 0.900. The molecule has 1 aliphatic rings. The van der Waals surface area contributed by atoms with Crippen LogP contribution in [0.4, 0.5) is 5.95 Å². The molecule has 1 fully saturated rings. The highest BCUT2D eigenvalue weighted by atomic mass is 16.5. The fraction of sp³-hybridized carbons (Fsp3) is 0.238. The van der Waals surface area contributed by atoms with Crippen molar-refractivity contribution in [2.24, 2.45) is 0 Å². The van der Waals surface area contributed by atoms with Gasteiger partial charge in [-0.2, -0.15) is 4.98 Å². The van der Waals surface area contributed by atoms with E-state index in [1.807, 2.05) is 60.7 Å². The van der Waals surface area contributed by atoms with Crippen LogP contribution in [0.3, 0.4) is 0 Å². The minimum absolute atomic E-state index is 0.602. The Bertz CT molecular complexity index is 889. The summed E-state index contributed by atoms with van der Waals surface area (Å²) >= 11 is 0. The smallest absolute Gasteiger partial charge is 0.231 e. The van der Waals surface area contributed by atoms with Crippen molar-refractivity contribution in [1.82, 2.24) is 14.9 Å². The predicted octanol–water partition coefficient (Wildman–Crippen LogP) is 3.73. The van der Waals surface area contributed by atoms with E-state index in [-0.39, 0.29) is 0 Å². The number of rotatable bonds is 5. The van der Waals surface area contributed by atoms with E-state index in [1.54, 1.807) is 0 Å². The first-order valence-corrected chi connectivity index (χ1v) is 8.91. The van der Waals surface area contributed by atoms with E-state index in [9.17, 15) is 0 Å². The number of benzene rings is 2. The number of nitrogens with zero attached hydrogens (tertiary/aromatic N) is 4. The van der Waals surface area contributed by atoms with Gasteiger partial charge in [-0.15, -0.1) is 6.58 Å². The minimum Gasteiger partial charge on any atom is -0.438 e. The molecule has 0 radical (unpaired) electrons. The standard InChI is InChI=1S/C21H22N4O/c1-2-12-24-13-15-25(16-14-24)21-22-19-11-7-6-10-18(19)20(23-21)26-17-8-4-3-5-9-17/h2-11H,1,12-16H2. The minimum atomic E-state index is 0.602. The van der Waals surface area contributed by atoms with Crippen molar-refractivity contribution in [2.75, 3.05) is 37.6 Å². The summed E-state index contributed by atoms with van der Waals surface area (Å²) in [6.07, 6.45) is 1.95. The lowest BCUT2D eigenvalue weighted by molar-refractivity contribution is 0.282. The zero-order chi connectivity index (χ0) is 17.8. The molecular weight excluding hydrogens is 324 g/mol. The fourth-order valence-corrected chi connectivity index (χ4v) is 3.17. The quantitative estimate of drug-likeness (QED) is 0.659. The van der Waals surface area contributed by atoms with Gasteiger partial charge in [-0.1, -0.05) is 36.4 Å². The van der Waals surface area contributed by atoms with Gasteiger partial charge in [-0.3, -0.25) is 4.90 Å². The first-order chi connectivity index (χ1) is 12.8. The molecule has 0 amide bonds. The Morgan fingerprint density at radius 2 is 1.65 bits per heavy atom. The van der Waals surface area contributed by atoms with E-state index in [0.29, 0.717) is 5.88 Å². The summed E-state index contributed by atoms with van der Waals surface area (Å²) < 4.78 is 6.08. The van der Waals surface area contributed by atoms with E-state index in [1.165, 1.54) is 0 Å². The second kappa shape index (κ2) is 7.54. The molecule has 0 bridgehead atoms. The molecule has 5 nitrogen and oxygen atoms in total. The van der Waals surface area contributed by atoms with Gasteiger partial charge in [0.05, 0.1) is 10.9 Å². The molecule has 1 saturated heterocycles. The molecule has 132 valence electrons. The third-order valence-corrected chi connectivity index (χ3v) is 4.56. The fourth-order valence-electron chi connectivity index (χ4n) is 3.17. The van der Waals surface area contributed by atoms with Crippen LogP contribution in [-0.4, -0.2) is 47.6 Å². The number of aromatic nitrogens is 2. The molecule has 0 aliphatic carbocycles. The van der Waals surface area contributed by atoms with E-state index in [0.717, 1.165) is 55.3 Å². The van der Waals surface area contributed by atoms with E-state index >= 15 is 0 Å². The molecule has 0 spiro atoms. The number of para-hydroxylation sites is 2. The van der Waals surface area contributed by atoms with Gasteiger partial charge in [0.25, 0.3) is 0 Å². The Kier molecular flexibility index (Phi) is 4.80. The van der Waals surface area contributed by atoms with Crippen LogP contribution in [0, 0.1) is 0 Å². The molecular formula is C21H22N4O. The Morgan fingerprint density at radius 1 is 0.923 bits per heavy atom. The van der Waals surface area contributed by atoms with Gasteiger partial charge >= 0.3 is 0 Å².